The van der Waals surface area contributed by atoms with Gasteiger partial charge in [-0.3, -0.25) is 4.79 Å². The largest absolute Gasteiger partial charge is 0.507 e. The fourth-order valence-electron chi connectivity index (χ4n) is 1.41. The molecule has 1 aromatic heterocycles. The molecule has 1 heterocycles. The van der Waals surface area contributed by atoms with Gasteiger partial charge in [-0.1, -0.05) is 0 Å². The molecule has 5 nitrogen and oxygen atoms in total. The van der Waals surface area contributed by atoms with Crippen LogP contribution in [0, 0.1) is 6.92 Å². The first kappa shape index (κ1) is 9.39. The lowest BCUT2D eigenvalue weighted by Gasteiger charge is -2.04. The molecule has 15 heavy (non-hydrogen) atoms. The highest BCUT2D eigenvalue weighted by molar-refractivity contribution is 5.90. The third-order valence-corrected chi connectivity index (χ3v) is 2.06. The molecule has 78 valence electrons. The number of phenols is 3. The van der Waals surface area contributed by atoms with Gasteiger partial charge in [0.05, 0.1) is 0 Å². The van der Waals surface area contributed by atoms with Gasteiger partial charge in [0.2, 0.25) is 5.75 Å². The molecular weight excluding hydrogens is 200 g/mol. The first-order valence-corrected chi connectivity index (χ1v) is 4.19. The van der Waals surface area contributed by atoms with E-state index >= 15 is 0 Å². The fraction of sp³-hybridized carbons (Fsp3) is 0.100. The molecule has 1 aromatic carbocycles. The van der Waals surface area contributed by atoms with Crippen LogP contribution in [0.1, 0.15) is 5.76 Å². The third kappa shape index (κ3) is 1.28. The summed E-state index contributed by atoms with van der Waals surface area (Å²) >= 11 is 0. The van der Waals surface area contributed by atoms with E-state index in [-0.39, 0.29) is 16.7 Å². The number of phenolic OH excluding ortho intramolecular Hbond substituents is 3. The van der Waals surface area contributed by atoms with Crippen molar-refractivity contribution in [1.82, 2.24) is 0 Å². The topological polar surface area (TPSA) is 90.9 Å². The average molecular weight is 208 g/mol. The van der Waals surface area contributed by atoms with Crippen molar-refractivity contribution in [2.45, 2.75) is 6.92 Å². The Balaban J connectivity index is 3.10. The molecule has 2 aromatic rings. The third-order valence-electron chi connectivity index (χ3n) is 2.06. The van der Waals surface area contributed by atoms with Crippen molar-refractivity contribution in [1.29, 1.82) is 0 Å². The molecular formula is C10H8O5. The van der Waals surface area contributed by atoms with Crippen LogP contribution in [-0.4, -0.2) is 15.3 Å². The molecule has 0 radical (unpaired) electrons. The molecule has 0 aliphatic rings. The van der Waals surface area contributed by atoms with Crippen LogP contribution in [0.25, 0.3) is 11.0 Å². The number of rotatable bonds is 0. The van der Waals surface area contributed by atoms with E-state index < -0.39 is 22.7 Å². The molecule has 2 rings (SSSR count). The van der Waals surface area contributed by atoms with Crippen molar-refractivity contribution >= 4 is 11.0 Å². The molecule has 0 atom stereocenters. The zero-order valence-electron chi connectivity index (χ0n) is 7.81. The number of benzene rings is 1. The summed E-state index contributed by atoms with van der Waals surface area (Å²) in [7, 11) is 0. The number of aromatic hydroxyl groups is 3. The van der Waals surface area contributed by atoms with Gasteiger partial charge in [-0.25, -0.2) is 0 Å². The average Bonchev–Trinajstić information content (AvgIpc) is 2.12. The summed E-state index contributed by atoms with van der Waals surface area (Å²) in [4.78, 5) is 11.5. The smallest absolute Gasteiger partial charge is 0.202 e. The molecule has 0 unspecified atom stereocenters. The molecule has 0 amide bonds. The van der Waals surface area contributed by atoms with Gasteiger partial charge in [0, 0.05) is 12.1 Å². The molecule has 3 N–H and O–H groups in total. The van der Waals surface area contributed by atoms with Gasteiger partial charge in [0.1, 0.15) is 16.9 Å². The number of fused-ring (bicyclic) bond motifs is 1. The van der Waals surface area contributed by atoms with Crippen molar-refractivity contribution in [3.63, 3.8) is 0 Å². The van der Waals surface area contributed by atoms with Gasteiger partial charge in [-0.2, -0.15) is 0 Å². The van der Waals surface area contributed by atoms with Crippen molar-refractivity contribution in [2.24, 2.45) is 0 Å². The molecule has 5 heteroatoms. The minimum Gasteiger partial charge on any atom is -0.507 e. The Morgan fingerprint density at radius 3 is 2.47 bits per heavy atom. The first-order chi connectivity index (χ1) is 7.00. The van der Waals surface area contributed by atoms with Crippen LogP contribution >= 0.6 is 0 Å². The Morgan fingerprint density at radius 2 is 1.80 bits per heavy atom. The van der Waals surface area contributed by atoms with Crippen LogP contribution in [0.3, 0.4) is 0 Å². The summed E-state index contributed by atoms with van der Waals surface area (Å²) in [6.07, 6.45) is 0. The van der Waals surface area contributed by atoms with Crippen LogP contribution in [0.4, 0.5) is 0 Å². The van der Waals surface area contributed by atoms with Crippen LogP contribution in [0.2, 0.25) is 0 Å². The maximum absolute atomic E-state index is 11.5. The number of aryl methyl sites for hydroxylation is 1. The van der Waals surface area contributed by atoms with E-state index in [9.17, 15) is 20.1 Å². The van der Waals surface area contributed by atoms with Crippen molar-refractivity contribution in [3.05, 3.63) is 28.1 Å². The van der Waals surface area contributed by atoms with E-state index in [1.807, 2.05) is 0 Å². The van der Waals surface area contributed by atoms with E-state index in [1.165, 1.54) is 13.0 Å². The van der Waals surface area contributed by atoms with E-state index in [2.05, 4.69) is 0 Å². The minimum atomic E-state index is -0.552. The molecule has 0 spiro atoms. The molecule has 0 aliphatic heterocycles. The van der Waals surface area contributed by atoms with Crippen LogP contribution in [0.5, 0.6) is 17.2 Å². The zero-order valence-corrected chi connectivity index (χ0v) is 7.81. The predicted octanol–water partition coefficient (Wildman–Crippen LogP) is 1.22. The molecule has 0 bridgehead atoms. The summed E-state index contributed by atoms with van der Waals surface area (Å²) in [5.74, 6) is -1.22. The van der Waals surface area contributed by atoms with Crippen LogP contribution in [0.15, 0.2) is 21.3 Å². The second-order valence-corrected chi connectivity index (χ2v) is 3.19. The highest BCUT2D eigenvalue weighted by Gasteiger charge is 2.15. The lowest BCUT2D eigenvalue weighted by molar-refractivity contribution is 0.392. The Labute approximate surface area is 83.8 Å². The Bertz CT molecular complexity index is 597. The highest BCUT2D eigenvalue weighted by atomic mass is 16.4. The minimum absolute atomic E-state index is 0.143. The monoisotopic (exact) mass is 208 g/mol. The highest BCUT2D eigenvalue weighted by Crippen LogP contribution is 2.37. The van der Waals surface area contributed by atoms with Crippen molar-refractivity contribution < 1.29 is 19.7 Å². The molecule has 0 aliphatic carbocycles. The molecule has 0 saturated heterocycles. The SMILES string of the molecule is Cc1cc(=O)c2c(O)cc(O)c(O)c2o1. The number of hydrogen-bond acceptors (Lipinski definition) is 5. The molecule has 0 saturated carbocycles. The predicted molar refractivity (Wildman–Crippen MR) is 52.2 cm³/mol. The van der Waals surface area contributed by atoms with Crippen molar-refractivity contribution in [3.8, 4) is 17.2 Å². The summed E-state index contributed by atoms with van der Waals surface area (Å²) in [5, 5.41) is 27.9. The zero-order chi connectivity index (χ0) is 11.2. The van der Waals surface area contributed by atoms with Gasteiger partial charge in [-0.15, -0.1) is 0 Å². The summed E-state index contributed by atoms with van der Waals surface area (Å²) < 4.78 is 5.06. The fourth-order valence-corrected chi connectivity index (χ4v) is 1.41. The number of hydrogen-bond donors (Lipinski definition) is 3. The Morgan fingerprint density at radius 1 is 1.13 bits per heavy atom. The second-order valence-electron chi connectivity index (χ2n) is 3.19. The maximum Gasteiger partial charge on any atom is 0.202 e. The quantitative estimate of drug-likeness (QED) is 0.447. The second kappa shape index (κ2) is 2.91. The normalized spacial score (nSPS) is 10.7. The van der Waals surface area contributed by atoms with Crippen LogP contribution < -0.4 is 5.43 Å². The standard InChI is InChI=1S/C10H8O5/c1-4-2-5(11)8-6(12)3-7(13)9(14)10(8)15-4/h2-3,12-14H,1H3. The lowest BCUT2D eigenvalue weighted by atomic mass is 10.1. The summed E-state index contributed by atoms with van der Waals surface area (Å²) in [6, 6.07) is 2.09. The van der Waals surface area contributed by atoms with E-state index in [4.69, 9.17) is 4.42 Å². The van der Waals surface area contributed by atoms with Gasteiger partial charge >= 0.3 is 0 Å². The van der Waals surface area contributed by atoms with Gasteiger partial charge in [0.15, 0.2) is 16.8 Å². The maximum atomic E-state index is 11.5. The van der Waals surface area contributed by atoms with E-state index in [0.29, 0.717) is 0 Å². The Hall–Kier alpha value is -2.17. The first-order valence-electron chi connectivity index (χ1n) is 4.19. The van der Waals surface area contributed by atoms with Gasteiger partial charge < -0.3 is 19.7 Å². The summed E-state index contributed by atoms with van der Waals surface area (Å²) in [5.41, 5.74) is -0.681. The van der Waals surface area contributed by atoms with Gasteiger partial charge in [-0.05, 0) is 6.92 Å². The Kier molecular flexibility index (Phi) is 1.82. The lowest BCUT2D eigenvalue weighted by Crippen LogP contribution is -2.00. The molecule has 0 fully saturated rings. The van der Waals surface area contributed by atoms with Gasteiger partial charge in [0.25, 0.3) is 0 Å². The summed E-state index contributed by atoms with van der Waals surface area (Å²) in [6.45, 7) is 1.53. The van der Waals surface area contributed by atoms with Crippen LogP contribution in [-0.2, 0) is 0 Å². The van der Waals surface area contributed by atoms with E-state index in [1.54, 1.807) is 0 Å². The van der Waals surface area contributed by atoms with E-state index in [0.717, 1.165) is 6.07 Å². The van der Waals surface area contributed by atoms with Crippen molar-refractivity contribution in [2.75, 3.05) is 0 Å².